The standard InChI is InChI=1S/C15H21N3O/c1-2-3-10-19-11-9-18-14-7-6-13-12(15(14)16)5-4-8-17-13/h4-8,18H,2-3,9-11,16H2,1H3. The Labute approximate surface area is 114 Å². The van der Waals surface area contributed by atoms with E-state index in [-0.39, 0.29) is 0 Å². The van der Waals surface area contributed by atoms with Crippen molar-refractivity contribution in [3.8, 4) is 0 Å². The van der Waals surface area contributed by atoms with Crippen LogP contribution in [-0.2, 0) is 4.74 Å². The van der Waals surface area contributed by atoms with Gasteiger partial charge in [0.05, 0.1) is 23.5 Å². The van der Waals surface area contributed by atoms with E-state index in [9.17, 15) is 0 Å². The number of anilines is 2. The maximum absolute atomic E-state index is 6.14. The molecule has 0 fully saturated rings. The van der Waals surface area contributed by atoms with Crippen molar-refractivity contribution in [1.29, 1.82) is 0 Å². The van der Waals surface area contributed by atoms with Gasteiger partial charge in [0, 0.05) is 24.7 Å². The highest BCUT2D eigenvalue weighted by molar-refractivity contribution is 5.96. The number of unbranched alkanes of at least 4 members (excludes halogenated alkanes) is 1. The van der Waals surface area contributed by atoms with Crippen molar-refractivity contribution in [2.45, 2.75) is 19.8 Å². The minimum atomic E-state index is 0.699. The molecule has 0 aliphatic carbocycles. The van der Waals surface area contributed by atoms with Gasteiger partial charge in [-0.05, 0) is 30.7 Å². The molecule has 0 aliphatic rings. The second-order valence-electron chi connectivity index (χ2n) is 4.49. The third kappa shape index (κ3) is 3.58. The van der Waals surface area contributed by atoms with Crippen LogP contribution in [0.15, 0.2) is 30.5 Å². The van der Waals surface area contributed by atoms with E-state index in [1.807, 2.05) is 24.3 Å². The summed E-state index contributed by atoms with van der Waals surface area (Å²) in [5, 5.41) is 4.29. The summed E-state index contributed by atoms with van der Waals surface area (Å²) >= 11 is 0. The highest BCUT2D eigenvalue weighted by atomic mass is 16.5. The summed E-state index contributed by atoms with van der Waals surface area (Å²) in [4.78, 5) is 4.28. The number of nitrogens with one attached hydrogen (secondary N) is 1. The van der Waals surface area contributed by atoms with Crippen molar-refractivity contribution in [2.75, 3.05) is 30.8 Å². The van der Waals surface area contributed by atoms with Crippen LogP contribution in [0.1, 0.15) is 19.8 Å². The van der Waals surface area contributed by atoms with Crippen molar-refractivity contribution in [3.05, 3.63) is 30.5 Å². The summed E-state index contributed by atoms with van der Waals surface area (Å²) in [6.07, 6.45) is 4.05. The van der Waals surface area contributed by atoms with E-state index in [4.69, 9.17) is 10.5 Å². The molecule has 1 aromatic carbocycles. The highest BCUT2D eigenvalue weighted by Gasteiger charge is 2.03. The molecule has 102 valence electrons. The third-order valence-corrected chi connectivity index (χ3v) is 3.03. The van der Waals surface area contributed by atoms with E-state index in [1.165, 1.54) is 0 Å². The zero-order valence-corrected chi connectivity index (χ0v) is 11.4. The summed E-state index contributed by atoms with van der Waals surface area (Å²) in [5.74, 6) is 0. The summed E-state index contributed by atoms with van der Waals surface area (Å²) in [7, 11) is 0. The third-order valence-electron chi connectivity index (χ3n) is 3.03. The molecule has 2 aromatic rings. The van der Waals surface area contributed by atoms with Crippen LogP contribution in [0.5, 0.6) is 0 Å². The Morgan fingerprint density at radius 3 is 3.00 bits per heavy atom. The fourth-order valence-corrected chi connectivity index (χ4v) is 1.94. The quantitative estimate of drug-likeness (QED) is 0.592. The first kappa shape index (κ1) is 13.6. The SMILES string of the molecule is CCCCOCCNc1ccc2ncccc2c1N. The molecule has 1 aromatic heterocycles. The number of rotatable bonds is 7. The van der Waals surface area contributed by atoms with Gasteiger partial charge in [-0.2, -0.15) is 0 Å². The molecule has 0 atom stereocenters. The Balaban J connectivity index is 1.92. The average molecular weight is 259 g/mol. The molecule has 2 rings (SSSR count). The predicted octanol–water partition coefficient (Wildman–Crippen LogP) is 3.05. The molecule has 0 spiro atoms. The largest absolute Gasteiger partial charge is 0.397 e. The van der Waals surface area contributed by atoms with Crippen LogP contribution in [0.4, 0.5) is 11.4 Å². The van der Waals surface area contributed by atoms with Crippen LogP contribution in [0.3, 0.4) is 0 Å². The number of nitrogens with zero attached hydrogens (tertiary/aromatic N) is 1. The minimum Gasteiger partial charge on any atom is -0.397 e. The van der Waals surface area contributed by atoms with Gasteiger partial charge in [-0.15, -0.1) is 0 Å². The summed E-state index contributed by atoms with van der Waals surface area (Å²) in [5.41, 5.74) is 8.75. The molecule has 0 bridgehead atoms. The molecule has 1 heterocycles. The maximum atomic E-state index is 6.14. The molecule has 3 N–H and O–H groups in total. The topological polar surface area (TPSA) is 60.2 Å². The van der Waals surface area contributed by atoms with E-state index in [1.54, 1.807) is 6.20 Å². The van der Waals surface area contributed by atoms with Gasteiger partial charge in [-0.1, -0.05) is 13.3 Å². The molecule has 0 amide bonds. The van der Waals surface area contributed by atoms with Crippen LogP contribution >= 0.6 is 0 Å². The lowest BCUT2D eigenvalue weighted by Gasteiger charge is -2.11. The second kappa shape index (κ2) is 6.95. The molecule has 4 nitrogen and oxygen atoms in total. The van der Waals surface area contributed by atoms with E-state index in [0.29, 0.717) is 6.61 Å². The first-order chi connectivity index (χ1) is 9.33. The number of ether oxygens (including phenoxy) is 1. The predicted molar refractivity (Wildman–Crippen MR) is 80.4 cm³/mol. The smallest absolute Gasteiger partial charge is 0.0724 e. The Morgan fingerprint density at radius 1 is 1.26 bits per heavy atom. The van der Waals surface area contributed by atoms with Gasteiger partial charge in [-0.25, -0.2) is 0 Å². The van der Waals surface area contributed by atoms with Gasteiger partial charge in [0.2, 0.25) is 0 Å². The van der Waals surface area contributed by atoms with Crippen LogP contribution in [0.2, 0.25) is 0 Å². The Kier molecular flexibility index (Phi) is 4.98. The highest BCUT2D eigenvalue weighted by Crippen LogP contribution is 2.26. The lowest BCUT2D eigenvalue weighted by Crippen LogP contribution is -2.11. The number of aromatic nitrogens is 1. The van der Waals surface area contributed by atoms with Crippen molar-refractivity contribution in [2.24, 2.45) is 0 Å². The minimum absolute atomic E-state index is 0.699. The first-order valence-corrected chi connectivity index (χ1v) is 6.77. The van der Waals surface area contributed by atoms with E-state index in [0.717, 1.165) is 48.3 Å². The second-order valence-corrected chi connectivity index (χ2v) is 4.49. The van der Waals surface area contributed by atoms with Gasteiger partial charge < -0.3 is 15.8 Å². The summed E-state index contributed by atoms with van der Waals surface area (Å²) < 4.78 is 5.51. The van der Waals surface area contributed by atoms with E-state index in [2.05, 4.69) is 17.2 Å². The molecular weight excluding hydrogens is 238 g/mol. The number of pyridine rings is 1. The summed E-state index contributed by atoms with van der Waals surface area (Å²) in [6.45, 7) is 4.45. The van der Waals surface area contributed by atoms with E-state index < -0.39 is 0 Å². The fraction of sp³-hybridized carbons (Fsp3) is 0.400. The number of benzene rings is 1. The molecule has 0 aliphatic heterocycles. The first-order valence-electron chi connectivity index (χ1n) is 6.77. The zero-order valence-electron chi connectivity index (χ0n) is 11.4. The summed E-state index contributed by atoms with van der Waals surface area (Å²) in [6, 6.07) is 7.83. The molecule has 0 unspecified atom stereocenters. The molecular formula is C15H21N3O. The Hall–Kier alpha value is -1.81. The number of hydrogen-bond donors (Lipinski definition) is 2. The van der Waals surface area contributed by atoms with Gasteiger partial charge in [0.1, 0.15) is 0 Å². The normalized spacial score (nSPS) is 10.8. The maximum Gasteiger partial charge on any atom is 0.0724 e. The monoisotopic (exact) mass is 259 g/mol. The van der Waals surface area contributed by atoms with Gasteiger partial charge in [0.25, 0.3) is 0 Å². The van der Waals surface area contributed by atoms with Gasteiger partial charge in [0.15, 0.2) is 0 Å². The van der Waals surface area contributed by atoms with Crippen LogP contribution < -0.4 is 11.1 Å². The number of nitrogens with two attached hydrogens (primary N) is 1. The van der Waals surface area contributed by atoms with Crippen molar-refractivity contribution >= 4 is 22.3 Å². The van der Waals surface area contributed by atoms with Gasteiger partial charge in [-0.3, -0.25) is 4.98 Å². The molecule has 4 heteroatoms. The van der Waals surface area contributed by atoms with Crippen molar-refractivity contribution in [3.63, 3.8) is 0 Å². The Bertz CT molecular complexity index is 528. The zero-order chi connectivity index (χ0) is 13.5. The van der Waals surface area contributed by atoms with Gasteiger partial charge >= 0.3 is 0 Å². The Morgan fingerprint density at radius 2 is 2.16 bits per heavy atom. The number of nitrogen functional groups attached to an aromatic ring is 1. The molecule has 0 saturated carbocycles. The van der Waals surface area contributed by atoms with E-state index >= 15 is 0 Å². The van der Waals surface area contributed by atoms with Crippen LogP contribution in [-0.4, -0.2) is 24.7 Å². The van der Waals surface area contributed by atoms with Crippen molar-refractivity contribution < 1.29 is 4.74 Å². The molecule has 0 saturated heterocycles. The fourth-order valence-electron chi connectivity index (χ4n) is 1.94. The molecule has 19 heavy (non-hydrogen) atoms. The van der Waals surface area contributed by atoms with Crippen LogP contribution in [0.25, 0.3) is 10.9 Å². The average Bonchev–Trinajstić information content (AvgIpc) is 2.45. The van der Waals surface area contributed by atoms with Crippen LogP contribution in [0, 0.1) is 0 Å². The lowest BCUT2D eigenvalue weighted by atomic mass is 10.1. The van der Waals surface area contributed by atoms with Crippen molar-refractivity contribution in [1.82, 2.24) is 4.98 Å². The lowest BCUT2D eigenvalue weighted by molar-refractivity contribution is 0.141. The number of hydrogen-bond acceptors (Lipinski definition) is 4. The number of fused-ring (bicyclic) bond motifs is 1. The molecule has 0 radical (unpaired) electrons.